The summed E-state index contributed by atoms with van der Waals surface area (Å²) in [4.78, 5) is 10.4. The van der Waals surface area contributed by atoms with Gasteiger partial charge in [0.2, 0.25) is 0 Å². The zero-order chi connectivity index (χ0) is 11.4. The Bertz CT molecular complexity index is 485. The minimum atomic E-state index is 0.196. The van der Waals surface area contributed by atoms with Gasteiger partial charge in [-0.1, -0.05) is 12.1 Å². The van der Waals surface area contributed by atoms with Crippen molar-refractivity contribution >= 4 is 6.29 Å². The van der Waals surface area contributed by atoms with Gasteiger partial charge in [0.1, 0.15) is 11.5 Å². The second-order valence-corrected chi connectivity index (χ2v) is 3.20. The molecule has 0 aliphatic heterocycles. The Kier molecular flexibility index (Phi) is 3.05. The zero-order valence-electron chi connectivity index (χ0n) is 8.90. The molecular formula is C13H11O3. The van der Waals surface area contributed by atoms with Crippen LogP contribution in [0.5, 0.6) is 5.75 Å². The van der Waals surface area contributed by atoms with Crippen LogP contribution in [0.1, 0.15) is 12.7 Å². The van der Waals surface area contributed by atoms with E-state index in [2.05, 4.69) is 0 Å². The molecule has 0 saturated heterocycles. The Morgan fingerprint density at radius 1 is 1.25 bits per heavy atom. The number of para-hydroxylation sites is 1. The molecule has 0 N–H and O–H groups in total. The van der Waals surface area contributed by atoms with Gasteiger partial charge in [-0.3, -0.25) is 4.79 Å². The van der Waals surface area contributed by atoms with Crippen LogP contribution in [0.3, 0.4) is 0 Å². The van der Waals surface area contributed by atoms with Gasteiger partial charge in [0.25, 0.3) is 6.29 Å². The van der Waals surface area contributed by atoms with E-state index >= 15 is 0 Å². The van der Waals surface area contributed by atoms with Crippen molar-refractivity contribution in [1.82, 2.24) is 0 Å². The highest BCUT2D eigenvalue weighted by atomic mass is 16.5. The summed E-state index contributed by atoms with van der Waals surface area (Å²) in [5, 5.41) is 0. The summed E-state index contributed by atoms with van der Waals surface area (Å²) in [5.74, 6) is 1.56. The van der Waals surface area contributed by atoms with Crippen molar-refractivity contribution in [1.29, 1.82) is 0 Å². The van der Waals surface area contributed by atoms with E-state index in [1.807, 2.05) is 31.2 Å². The first-order valence-electron chi connectivity index (χ1n) is 5.05. The average molecular weight is 215 g/mol. The van der Waals surface area contributed by atoms with Gasteiger partial charge in [0, 0.05) is 0 Å². The van der Waals surface area contributed by atoms with Crippen LogP contribution in [0.2, 0.25) is 0 Å². The summed E-state index contributed by atoms with van der Waals surface area (Å²) >= 11 is 0. The first-order chi connectivity index (χ1) is 7.85. The first-order valence-corrected chi connectivity index (χ1v) is 5.05. The highest BCUT2D eigenvalue weighted by Gasteiger charge is 2.09. The lowest BCUT2D eigenvalue weighted by Gasteiger charge is -2.07. The number of rotatable bonds is 4. The van der Waals surface area contributed by atoms with E-state index in [0.29, 0.717) is 12.4 Å². The molecule has 0 spiro atoms. The number of ether oxygens (including phenoxy) is 1. The smallest absolute Gasteiger partial charge is 0.271 e. The summed E-state index contributed by atoms with van der Waals surface area (Å²) in [5.41, 5.74) is 0.839. The maximum Gasteiger partial charge on any atom is 0.271 e. The van der Waals surface area contributed by atoms with Crippen molar-refractivity contribution in [2.45, 2.75) is 6.92 Å². The Morgan fingerprint density at radius 2 is 2.06 bits per heavy atom. The van der Waals surface area contributed by atoms with Crippen molar-refractivity contribution < 1.29 is 13.9 Å². The highest BCUT2D eigenvalue weighted by molar-refractivity contribution is 5.74. The van der Waals surface area contributed by atoms with Crippen LogP contribution >= 0.6 is 0 Å². The summed E-state index contributed by atoms with van der Waals surface area (Å²) in [7, 11) is 0. The fourth-order valence-electron chi connectivity index (χ4n) is 1.49. The molecule has 1 aromatic heterocycles. The van der Waals surface area contributed by atoms with Gasteiger partial charge in [-0.15, -0.1) is 0 Å². The van der Waals surface area contributed by atoms with E-state index in [9.17, 15) is 4.79 Å². The Morgan fingerprint density at radius 3 is 2.75 bits per heavy atom. The van der Waals surface area contributed by atoms with E-state index in [1.54, 1.807) is 18.4 Å². The third-order valence-corrected chi connectivity index (χ3v) is 2.16. The maximum atomic E-state index is 10.4. The van der Waals surface area contributed by atoms with Gasteiger partial charge in [-0.2, -0.15) is 0 Å². The number of furan rings is 1. The van der Waals surface area contributed by atoms with Gasteiger partial charge in [0.05, 0.1) is 12.2 Å². The van der Waals surface area contributed by atoms with E-state index in [4.69, 9.17) is 9.15 Å². The predicted molar refractivity (Wildman–Crippen MR) is 60.1 cm³/mol. The fraction of sp³-hybridized carbons (Fsp3) is 0.154. The minimum Gasteiger partial charge on any atom is -0.493 e. The number of hydrogen-bond acceptors (Lipinski definition) is 3. The summed E-state index contributed by atoms with van der Waals surface area (Å²) in [6.45, 7) is 2.51. The molecule has 2 rings (SSSR count). The van der Waals surface area contributed by atoms with E-state index in [-0.39, 0.29) is 5.76 Å². The summed E-state index contributed by atoms with van der Waals surface area (Å²) < 4.78 is 10.8. The molecule has 16 heavy (non-hydrogen) atoms. The Hall–Kier alpha value is -2.03. The lowest BCUT2D eigenvalue weighted by Crippen LogP contribution is -1.93. The van der Waals surface area contributed by atoms with Gasteiger partial charge < -0.3 is 9.15 Å². The molecule has 0 fully saturated rings. The summed E-state index contributed by atoms with van der Waals surface area (Å²) in [6, 6.07) is 10.9. The highest BCUT2D eigenvalue weighted by Crippen LogP contribution is 2.30. The number of hydrogen-bond donors (Lipinski definition) is 0. The Balaban J connectivity index is 2.42. The molecule has 1 radical (unpaired) electrons. The molecule has 0 atom stereocenters. The molecule has 3 nitrogen and oxygen atoms in total. The topological polar surface area (TPSA) is 39.4 Å². The molecule has 0 unspecified atom stereocenters. The second kappa shape index (κ2) is 4.66. The standard InChI is InChI=1S/C13H11O3/c1-2-15-12-6-4-3-5-11(12)13-8-7-10(9-14)16-13/h3-8H,2H2,1H3. The lowest BCUT2D eigenvalue weighted by atomic mass is 10.1. The van der Waals surface area contributed by atoms with Crippen LogP contribution in [-0.2, 0) is 4.79 Å². The van der Waals surface area contributed by atoms with Crippen molar-refractivity contribution in [3.63, 3.8) is 0 Å². The van der Waals surface area contributed by atoms with Crippen molar-refractivity contribution in [3.05, 3.63) is 42.2 Å². The molecule has 1 aromatic carbocycles. The van der Waals surface area contributed by atoms with Crippen molar-refractivity contribution in [2.24, 2.45) is 0 Å². The van der Waals surface area contributed by atoms with E-state index < -0.39 is 0 Å². The normalized spacial score (nSPS) is 10.1. The molecule has 81 valence electrons. The number of carbonyl (C=O) groups excluding carboxylic acids is 1. The van der Waals surface area contributed by atoms with Crippen LogP contribution in [0.25, 0.3) is 11.3 Å². The first kappa shape index (κ1) is 10.5. The predicted octanol–water partition coefficient (Wildman–Crippen LogP) is 2.80. The third kappa shape index (κ3) is 1.98. The molecule has 2 aromatic rings. The maximum absolute atomic E-state index is 10.4. The molecule has 0 amide bonds. The number of benzene rings is 1. The molecule has 0 aliphatic rings. The second-order valence-electron chi connectivity index (χ2n) is 3.20. The minimum absolute atomic E-state index is 0.196. The average Bonchev–Trinajstić information content (AvgIpc) is 2.79. The van der Waals surface area contributed by atoms with E-state index in [1.165, 1.54) is 0 Å². The molecule has 0 aliphatic carbocycles. The van der Waals surface area contributed by atoms with Gasteiger partial charge in [0.15, 0.2) is 5.76 Å². The molecule has 0 bridgehead atoms. The Labute approximate surface area is 93.7 Å². The largest absolute Gasteiger partial charge is 0.493 e. The van der Waals surface area contributed by atoms with Crippen LogP contribution in [-0.4, -0.2) is 12.9 Å². The summed E-state index contributed by atoms with van der Waals surface area (Å²) in [6.07, 6.45) is 1.71. The molecule has 3 heteroatoms. The van der Waals surface area contributed by atoms with Crippen LogP contribution in [0.15, 0.2) is 40.8 Å². The van der Waals surface area contributed by atoms with Crippen molar-refractivity contribution in [3.8, 4) is 17.1 Å². The van der Waals surface area contributed by atoms with Crippen LogP contribution < -0.4 is 4.74 Å². The van der Waals surface area contributed by atoms with E-state index in [0.717, 1.165) is 11.3 Å². The molecule has 0 saturated carbocycles. The lowest BCUT2D eigenvalue weighted by molar-refractivity contribution is 0.340. The molecular weight excluding hydrogens is 204 g/mol. The van der Waals surface area contributed by atoms with Gasteiger partial charge in [-0.05, 0) is 31.2 Å². The van der Waals surface area contributed by atoms with Crippen LogP contribution in [0.4, 0.5) is 0 Å². The third-order valence-electron chi connectivity index (χ3n) is 2.16. The van der Waals surface area contributed by atoms with Crippen LogP contribution in [0, 0.1) is 0 Å². The molecule has 1 heterocycles. The zero-order valence-corrected chi connectivity index (χ0v) is 8.90. The SMILES string of the molecule is CCOc1ccccc1-c1ccc([C]=O)o1. The fourth-order valence-corrected chi connectivity index (χ4v) is 1.49. The van der Waals surface area contributed by atoms with Gasteiger partial charge >= 0.3 is 0 Å². The van der Waals surface area contributed by atoms with Gasteiger partial charge in [-0.25, -0.2) is 0 Å². The van der Waals surface area contributed by atoms with Crippen molar-refractivity contribution in [2.75, 3.05) is 6.61 Å². The monoisotopic (exact) mass is 215 g/mol. The quantitative estimate of drug-likeness (QED) is 0.787.